The third-order valence-electron chi connectivity index (χ3n) is 3.06. The van der Waals surface area contributed by atoms with E-state index in [1.165, 1.54) is 12.0 Å². The van der Waals surface area contributed by atoms with E-state index in [9.17, 15) is 0 Å². The number of nitrogens with two attached hydrogens (primary N) is 1. The van der Waals surface area contributed by atoms with E-state index in [4.69, 9.17) is 10.5 Å². The number of benzene rings is 1. The first-order valence-corrected chi connectivity index (χ1v) is 5.19. The molecule has 2 heteroatoms. The molecule has 14 heavy (non-hydrogen) atoms. The van der Waals surface area contributed by atoms with E-state index < -0.39 is 0 Å². The maximum Gasteiger partial charge on any atom is 0.118 e. The minimum Gasteiger partial charge on any atom is -0.497 e. The van der Waals surface area contributed by atoms with Crippen LogP contribution in [0.1, 0.15) is 30.7 Å². The number of methoxy groups -OCH3 is 1. The Morgan fingerprint density at radius 2 is 1.93 bits per heavy atom. The second-order valence-electron chi connectivity index (χ2n) is 4.04. The number of hydrogen-bond acceptors (Lipinski definition) is 2. The normalized spacial score (nSPS) is 26.4. The Bertz CT molecular complexity index is 294. The van der Waals surface area contributed by atoms with Crippen LogP contribution in [0.4, 0.5) is 0 Å². The lowest BCUT2D eigenvalue weighted by atomic mass is 9.97. The average molecular weight is 191 g/mol. The third-order valence-corrected chi connectivity index (χ3v) is 3.06. The summed E-state index contributed by atoms with van der Waals surface area (Å²) in [4.78, 5) is 0. The van der Waals surface area contributed by atoms with E-state index in [1.807, 2.05) is 12.1 Å². The lowest BCUT2D eigenvalue weighted by Gasteiger charge is -2.10. The van der Waals surface area contributed by atoms with Gasteiger partial charge in [0, 0.05) is 6.04 Å². The average Bonchev–Trinajstić information content (AvgIpc) is 2.65. The van der Waals surface area contributed by atoms with Crippen molar-refractivity contribution in [3.05, 3.63) is 29.8 Å². The maximum absolute atomic E-state index is 5.89. The molecule has 1 aromatic rings. The van der Waals surface area contributed by atoms with Gasteiger partial charge in [0.2, 0.25) is 0 Å². The van der Waals surface area contributed by atoms with Crippen LogP contribution in [0.15, 0.2) is 24.3 Å². The summed E-state index contributed by atoms with van der Waals surface area (Å²) in [5.74, 6) is 1.59. The van der Waals surface area contributed by atoms with Gasteiger partial charge < -0.3 is 10.5 Å². The largest absolute Gasteiger partial charge is 0.497 e. The molecule has 0 saturated heterocycles. The Hall–Kier alpha value is -1.02. The Morgan fingerprint density at radius 1 is 1.21 bits per heavy atom. The van der Waals surface area contributed by atoms with Crippen LogP contribution in [-0.4, -0.2) is 13.2 Å². The fraction of sp³-hybridized carbons (Fsp3) is 0.500. The Labute approximate surface area is 85.1 Å². The van der Waals surface area contributed by atoms with Crippen LogP contribution < -0.4 is 10.5 Å². The van der Waals surface area contributed by atoms with Crippen LogP contribution in [0, 0.1) is 0 Å². The standard InChI is InChI=1S/C12H17NO/c1-14-12-6-3-9(4-7-12)10-2-5-11(13)8-10/h3-4,6-7,10-11H,2,5,8,13H2,1H3/t10-,11+/m1/s1. The summed E-state index contributed by atoms with van der Waals surface area (Å²) in [5, 5.41) is 0. The SMILES string of the molecule is COc1ccc([C@@H]2CC[C@H](N)C2)cc1. The molecule has 0 spiro atoms. The molecule has 0 aromatic heterocycles. The van der Waals surface area contributed by atoms with Crippen LogP contribution in [0.25, 0.3) is 0 Å². The smallest absolute Gasteiger partial charge is 0.118 e. The summed E-state index contributed by atoms with van der Waals surface area (Å²) in [5.41, 5.74) is 7.30. The van der Waals surface area contributed by atoms with Crippen LogP contribution in [0.2, 0.25) is 0 Å². The Morgan fingerprint density at radius 3 is 2.43 bits per heavy atom. The van der Waals surface area contributed by atoms with Crippen molar-refractivity contribution in [1.82, 2.24) is 0 Å². The van der Waals surface area contributed by atoms with Crippen molar-refractivity contribution >= 4 is 0 Å². The zero-order valence-electron chi connectivity index (χ0n) is 8.57. The summed E-state index contributed by atoms with van der Waals surface area (Å²) in [6.07, 6.45) is 3.52. The summed E-state index contributed by atoms with van der Waals surface area (Å²) in [6.45, 7) is 0. The minimum atomic E-state index is 0.405. The highest BCUT2D eigenvalue weighted by Gasteiger charge is 2.22. The van der Waals surface area contributed by atoms with E-state index >= 15 is 0 Å². The zero-order valence-corrected chi connectivity index (χ0v) is 8.57. The summed E-state index contributed by atoms with van der Waals surface area (Å²) in [6, 6.07) is 8.77. The van der Waals surface area contributed by atoms with Gasteiger partial charge in [-0.15, -0.1) is 0 Å². The molecule has 2 atom stereocenters. The van der Waals surface area contributed by atoms with Gasteiger partial charge in [0.25, 0.3) is 0 Å². The summed E-state index contributed by atoms with van der Waals surface area (Å²) < 4.78 is 5.13. The molecule has 2 nitrogen and oxygen atoms in total. The van der Waals surface area contributed by atoms with E-state index in [2.05, 4.69) is 12.1 Å². The van der Waals surface area contributed by atoms with E-state index in [0.717, 1.165) is 18.6 Å². The topological polar surface area (TPSA) is 35.2 Å². The first-order valence-electron chi connectivity index (χ1n) is 5.19. The highest BCUT2D eigenvalue weighted by atomic mass is 16.5. The maximum atomic E-state index is 5.89. The van der Waals surface area contributed by atoms with Crippen molar-refractivity contribution in [2.45, 2.75) is 31.2 Å². The van der Waals surface area contributed by atoms with Gasteiger partial charge in [-0.1, -0.05) is 12.1 Å². The second-order valence-corrected chi connectivity index (χ2v) is 4.04. The van der Waals surface area contributed by atoms with Crippen molar-refractivity contribution in [2.24, 2.45) is 5.73 Å². The molecule has 0 radical (unpaired) electrons. The molecule has 1 aliphatic carbocycles. The van der Waals surface area contributed by atoms with Crippen molar-refractivity contribution in [3.8, 4) is 5.75 Å². The summed E-state index contributed by atoms with van der Waals surface area (Å²) >= 11 is 0. The molecule has 0 heterocycles. The molecule has 0 bridgehead atoms. The molecular weight excluding hydrogens is 174 g/mol. The van der Waals surface area contributed by atoms with E-state index in [1.54, 1.807) is 7.11 Å². The first-order chi connectivity index (χ1) is 6.79. The highest BCUT2D eigenvalue weighted by molar-refractivity contribution is 5.30. The summed E-state index contributed by atoms with van der Waals surface area (Å²) in [7, 11) is 1.69. The lowest BCUT2D eigenvalue weighted by molar-refractivity contribution is 0.414. The molecular formula is C12H17NO. The lowest BCUT2D eigenvalue weighted by Crippen LogP contribution is -2.14. The van der Waals surface area contributed by atoms with Gasteiger partial charge in [-0.25, -0.2) is 0 Å². The predicted molar refractivity (Wildman–Crippen MR) is 57.6 cm³/mol. The van der Waals surface area contributed by atoms with Crippen LogP contribution >= 0.6 is 0 Å². The Kier molecular flexibility index (Phi) is 2.73. The monoisotopic (exact) mass is 191 g/mol. The van der Waals surface area contributed by atoms with Crippen LogP contribution in [0.3, 0.4) is 0 Å². The van der Waals surface area contributed by atoms with Crippen molar-refractivity contribution in [2.75, 3.05) is 7.11 Å². The quantitative estimate of drug-likeness (QED) is 0.778. The highest BCUT2D eigenvalue weighted by Crippen LogP contribution is 2.33. The predicted octanol–water partition coefficient (Wildman–Crippen LogP) is 2.29. The van der Waals surface area contributed by atoms with Crippen molar-refractivity contribution in [1.29, 1.82) is 0 Å². The second kappa shape index (κ2) is 4.01. The third kappa shape index (κ3) is 1.90. The van der Waals surface area contributed by atoms with Gasteiger partial charge in [0.05, 0.1) is 7.11 Å². The number of hydrogen-bond donors (Lipinski definition) is 1. The van der Waals surface area contributed by atoms with Gasteiger partial charge in [-0.3, -0.25) is 0 Å². The first kappa shape index (κ1) is 9.53. The van der Waals surface area contributed by atoms with Crippen molar-refractivity contribution in [3.63, 3.8) is 0 Å². The molecule has 76 valence electrons. The Balaban J connectivity index is 2.09. The van der Waals surface area contributed by atoms with Gasteiger partial charge in [-0.2, -0.15) is 0 Å². The van der Waals surface area contributed by atoms with Crippen LogP contribution in [-0.2, 0) is 0 Å². The fourth-order valence-corrected chi connectivity index (χ4v) is 2.20. The fourth-order valence-electron chi connectivity index (χ4n) is 2.20. The molecule has 2 N–H and O–H groups in total. The molecule has 0 aliphatic heterocycles. The molecule has 0 amide bonds. The zero-order chi connectivity index (χ0) is 9.97. The molecule has 1 aromatic carbocycles. The molecule has 0 unspecified atom stereocenters. The number of ether oxygens (including phenoxy) is 1. The van der Waals surface area contributed by atoms with Gasteiger partial charge in [-0.05, 0) is 42.9 Å². The molecule has 2 rings (SSSR count). The number of rotatable bonds is 2. The van der Waals surface area contributed by atoms with Crippen LogP contribution in [0.5, 0.6) is 5.75 Å². The molecule has 1 aliphatic rings. The molecule has 1 fully saturated rings. The van der Waals surface area contributed by atoms with Gasteiger partial charge in [0.15, 0.2) is 0 Å². The minimum absolute atomic E-state index is 0.405. The van der Waals surface area contributed by atoms with E-state index in [-0.39, 0.29) is 0 Å². The van der Waals surface area contributed by atoms with Gasteiger partial charge in [0.1, 0.15) is 5.75 Å². The van der Waals surface area contributed by atoms with Crippen molar-refractivity contribution < 1.29 is 4.74 Å². The molecule has 1 saturated carbocycles. The van der Waals surface area contributed by atoms with E-state index in [0.29, 0.717) is 12.0 Å². The van der Waals surface area contributed by atoms with Gasteiger partial charge >= 0.3 is 0 Å².